The van der Waals surface area contributed by atoms with E-state index in [9.17, 15) is 4.79 Å². The molecule has 0 fully saturated rings. The molecule has 0 saturated carbocycles. The molecule has 0 atom stereocenters. The minimum Gasteiger partial charge on any atom is -0.357 e. The number of amides is 1. The zero-order valence-electron chi connectivity index (χ0n) is 16.9. The summed E-state index contributed by atoms with van der Waals surface area (Å²) in [7, 11) is 0. The van der Waals surface area contributed by atoms with E-state index in [2.05, 4.69) is 49.2 Å². The van der Waals surface area contributed by atoms with E-state index < -0.39 is 0 Å². The molecular formula is C20H21N9O. The fourth-order valence-electron chi connectivity index (χ4n) is 3.13. The molecule has 30 heavy (non-hydrogen) atoms. The molecule has 0 radical (unpaired) electrons. The van der Waals surface area contributed by atoms with E-state index in [0.717, 1.165) is 24.6 Å². The van der Waals surface area contributed by atoms with Gasteiger partial charge in [0.15, 0.2) is 11.5 Å². The van der Waals surface area contributed by atoms with Gasteiger partial charge < -0.3 is 10.2 Å². The first-order valence-electron chi connectivity index (χ1n) is 9.64. The van der Waals surface area contributed by atoms with Crippen LogP contribution in [0.2, 0.25) is 0 Å². The molecule has 3 aromatic rings. The summed E-state index contributed by atoms with van der Waals surface area (Å²) in [6, 6.07) is 9.33. The molecule has 3 aromatic heterocycles. The van der Waals surface area contributed by atoms with Crippen LogP contribution in [0, 0.1) is 6.92 Å². The van der Waals surface area contributed by atoms with Crippen molar-refractivity contribution in [2.45, 2.75) is 20.8 Å². The molecule has 4 rings (SSSR count). The number of amidine groups is 1. The Labute approximate surface area is 173 Å². The Hall–Kier alpha value is -3.95. The van der Waals surface area contributed by atoms with Crippen LogP contribution in [0.15, 0.2) is 46.6 Å². The van der Waals surface area contributed by atoms with Crippen LogP contribution in [0.4, 0.5) is 11.5 Å². The lowest BCUT2D eigenvalue weighted by Gasteiger charge is -2.20. The Morgan fingerprint density at radius 2 is 2.00 bits per heavy atom. The highest BCUT2D eigenvalue weighted by Crippen LogP contribution is 2.24. The minimum absolute atomic E-state index is 0.278. The number of carbonyl (C=O) groups is 1. The van der Waals surface area contributed by atoms with Gasteiger partial charge in [0.25, 0.3) is 0 Å². The van der Waals surface area contributed by atoms with Gasteiger partial charge >= 0.3 is 0 Å². The average molecular weight is 403 g/mol. The fraction of sp³-hybridized carbons (Fsp3) is 0.250. The molecule has 0 spiro atoms. The predicted octanol–water partition coefficient (Wildman–Crippen LogP) is 1.93. The standard InChI is InChI=1S/C20H21N9O/c1-4-28(5-2)16-10-9-14(13(3)23-16)24-17-19(22-12-30)27-29-20(17)25-18(26-29)15-8-6-7-11-21-15/h6-12H,4-5H2,1-3H3,(H,22,27,30)/b24-17-. The molecule has 10 heteroatoms. The number of aryl methyl sites for hydroxylation is 1. The summed E-state index contributed by atoms with van der Waals surface area (Å²) >= 11 is 0. The van der Waals surface area contributed by atoms with E-state index in [1.807, 2.05) is 37.3 Å². The number of hydrogen-bond donors (Lipinski definition) is 1. The normalized spacial score (nSPS) is 13.8. The van der Waals surface area contributed by atoms with E-state index >= 15 is 0 Å². The molecule has 1 aliphatic rings. The Bertz CT molecular complexity index is 1130. The number of hydrogen-bond acceptors (Lipinski definition) is 8. The lowest BCUT2D eigenvalue weighted by molar-refractivity contribution is -0.108. The minimum atomic E-state index is 0.278. The Balaban J connectivity index is 1.75. The number of anilines is 1. The number of nitrogens with zero attached hydrogens (tertiary/aromatic N) is 8. The Morgan fingerprint density at radius 3 is 2.67 bits per heavy atom. The molecule has 0 unspecified atom stereocenters. The monoisotopic (exact) mass is 403 g/mol. The number of rotatable bonds is 6. The lowest BCUT2D eigenvalue weighted by atomic mass is 10.2. The van der Waals surface area contributed by atoms with Crippen LogP contribution in [0.5, 0.6) is 0 Å². The van der Waals surface area contributed by atoms with Crippen LogP contribution < -0.4 is 10.2 Å². The van der Waals surface area contributed by atoms with Crippen LogP contribution in [-0.2, 0) is 4.79 Å². The molecule has 0 saturated heterocycles. The highest BCUT2D eigenvalue weighted by molar-refractivity contribution is 6.49. The second-order valence-corrected chi connectivity index (χ2v) is 6.48. The maximum absolute atomic E-state index is 11.0. The molecule has 0 aromatic carbocycles. The summed E-state index contributed by atoms with van der Waals surface area (Å²) in [5.74, 6) is 2.03. The predicted molar refractivity (Wildman–Crippen MR) is 114 cm³/mol. The van der Waals surface area contributed by atoms with Gasteiger partial charge in [-0.2, -0.15) is 0 Å². The van der Waals surface area contributed by atoms with Gasteiger partial charge in [0.2, 0.25) is 18.1 Å². The Morgan fingerprint density at radius 1 is 1.17 bits per heavy atom. The maximum Gasteiger partial charge on any atom is 0.212 e. The zero-order chi connectivity index (χ0) is 21.1. The molecule has 4 heterocycles. The van der Waals surface area contributed by atoms with E-state index in [4.69, 9.17) is 4.99 Å². The number of nitrogens with one attached hydrogen (secondary N) is 1. The lowest BCUT2D eigenvalue weighted by Crippen LogP contribution is -2.28. The fourth-order valence-corrected chi connectivity index (χ4v) is 3.13. The number of carbonyl (C=O) groups excluding carboxylic acids is 1. The van der Waals surface area contributed by atoms with Crippen molar-refractivity contribution in [1.29, 1.82) is 0 Å². The third-order valence-corrected chi connectivity index (χ3v) is 4.67. The third kappa shape index (κ3) is 3.54. The number of fused-ring (bicyclic) bond motifs is 1. The van der Waals surface area contributed by atoms with Gasteiger partial charge in [-0.25, -0.2) is 15.0 Å². The quantitative estimate of drug-likeness (QED) is 0.629. The van der Waals surface area contributed by atoms with E-state index in [1.165, 1.54) is 4.79 Å². The highest BCUT2D eigenvalue weighted by atomic mass is 16.1. The maximum atomic E-state index is 11.0. The van der Waals surface area contributed by atoms with E-state index in [1.54, 1.807) is 6.20 Å². The summed E-state index contributed by atoms with van der Waals surface area (Å²) in [4.78, 5) is 32.7. The summed E-state index contributed by atoms with van der Waals surface area (Å²) in [5.41, 5.74) is 2.47. The third-order valence-electron chi connectivity index (χ3n) is 4.67. The van der Waals surface area contributed by atoms with Crippen LogP contribution in [0.25, 0.3) is 11.5 Å². The van der Waals surface area contributed by atoms with Gasteiger partial charge in [0.1, 0.15) is 11.5 Å². The highest BCUT2D eigenvalue weighted by Gasteiger charge is 2.28. The van der Waals surface area contributed by atoms with Gasteiger partial charge in [0, 0.05) is 19.3 Å². The molecule has 0 bridgehead atoms. The summed E-state index contributed by atoms with van der Waals surface area (Å²) in [6.45, 7) is 7.82. The SMILES string of the molecule is CCN(CC)c1ccc(/N=C2/C(NC=O)=Nn3nc(-c4ccccn4)nc32)c(C)n1. The van der Waals surface area contributed by atoms with E-state index in [0.29, 0.717) is 35.2 Å². The summed E-state index contributed by atoms with van der Waals surface area (Å²) in [6.07, 6.45) is 2.22. The van der Waals surface area contributed by atoms with Crippen molar-refractivity contribution in [2.24, 2.45) is 10.1 Å². The Kier molecular flexibility index (Phi) is 5.29. The largest absolute Gasteiger partial charge is 0.357 e. The van der Waals surface area contributed by atoms with Crippen molar-refractivity contribution in [2.75, 3.05) is 18.0 Å². The molecule has 1 amide bonds. The molecule has 10 nitrogen and oxygen atoms in total. The van der Waals surface area contributed by atoms with Gasteiger partial charge in [-0.1, -0.05) is 6.07 Å². The van der Waals surface area contributed by atoms with Crippen LogP contribution >= 0.6 is 0 Å². The van der Waals surface area contributed by atoms with Gasteiger partial charge in [-0.05, 0) is 45.0 Å². The summed E-state index contributed by atoms with van der Waals surface area (Å²) < 4.78 is 0. The van der Waals surface area contributed by atoms with Crippen LogP contribution in [0.3, 0.4) is 0 Å². The van der Waals surface area contributed by atoms with Gasteiger partial charge in [0.05, 0.1) is 11.4 Å². The summed E-state index contributed by atoms with van der Waals surface area (Å²) in [5, 5.41) is 11.2. The second kappa shape index (κ2) is 8.19. The van der Waals surface area contributed by atoms with Crippen molar-refractivity contribution in [3.8, 4) is 11.5 Å². The average Bonchev–Trinajstić information content (AvgIpc) is 3.31. The van der Waals surface area contributed by atoms with Crippen LogP contribution in [-0.4, -0.2) is 55.9 Å². The van der Waals surface area contributed by atoms with E-state index in [-0.39, 0.29) is 5.84 Å². The van der Waals surface area contributed by atoms with Crippen molar-refractivity contribution >= 4 is 29.5 Å². The van der Waals surface area contributed by atoms with Crippen molar-refractivity contribution in [3.05, 3.63) is 48.0 Å². The number of aromatic nitrogens is 5. The first kappa shape index (κ1) is 19.4. The second-order valence-electron chi connectivity index (χ2n) is 6.48. The molecule has 1 aliphatic heterocycles. The number of aliphatic imine (C=N–C) groups is 1. The molecular weight excluding hydrogens is 382 g/mol. The topological polar surface area (TPSA) is 114 Å². The first-order valence-corrected chi connectivity index (χ1v) is 9.64. The first-order chi connectivity index (χ1) is 14.6. The molecule has 152 valence electrons. The van der Waals surface area contributed by atoms with Crippen molar-refractivity contribution < 1.29 is 4.79 Å². The molecule has 1 N–H and O–H groups in total. The van der Waals surface area contributed by atoms with Crippen molar-refractivity contribution in [1.82, 2.24) is 30.2 Å². The number of pyridine rings is 2. The zero-order valence-corrected chi connectivity index (χ0v) is 16.9. The molecule has 0 aliphatic carbocycles. The smallest absolute Gasteiger partial charge is 0.212 e. The van der Waals surface area contributed by atoms with Crippen LogP contribution in [0.1, 0.15) is 25.4 Å². The van der Waals surface area contributed by atoms with Gasteiger partial charge in [-0.3, -0.25) is 9.78 Å². The van der Waals surface area contributed by atoms with Crippen molar-refractivity contribution in [3.63, 3.8) is 0 Å². The van der Waals surface area contributed by atoms with Gasteiger partial charge in [-0.15, -0.1) is 15.0 Å².